The molecule has 0 aliphatic rings. The highest BCUT2D eigenvalue weighted by Crippen LogP contribution is 2.27. The van der Waals surface area contributed by atoms with Gasteiger partial charge in [0, 0.05) is 35.6 Å². The van der Waals surface area contributed by atoms with Crippen LogP contribution in [0, 0.1) is 40.5 Å². The summed E-state index contributed by atoms with van der Waals surface area (Å²) in [6, 6.07) is 17.0. The molecule has 0 spiro atoms. The molecule has 4 aromatic carbocycles. The third-order valence-electron chi connectivity index (χ3n) is 5.63. The minimum Gasteiger partial charge on any atom is -0.457 e. The molecule has 0 saturated heterocycles. The van der Waals surface area contributed by atoms with Crippen molar-refractivity contribution in [3.05, 3.63) is 137 Å². The Morgan fingerprint density at radius 3 is 1.02 bits per heavy atom. The van der Waals surface area contributed by atoms with E-state index in [1.54, 1.807) is 0 Å². The second kappa shape index (κ2) is 12.2. The molecule has 0 aromatic heterocycles. The predicted molar refractivity (Wildman–Crippen MR) is 148 cm³/mol. The van der Waals surface area contributed by atoms with Gasteiger partial charge < -0.3 is 15.4 Å². The Morgan fingerprint density at radius 1 is 0.488 bits per heavy atom. The molecule has 0 saturated carbocycles. The number of nitro benzene ring substituents is 4. The van der Waals surface area contributed by atoms with Gasteiger partial charge in [-0.25, -0.2) is 0 Å². The van der Waals surface area contributed by atoms with Crippen molar-refractivity contribution < 1.29 is 34.0 Å². The molecule has 0 bridgehead atoms. The van der Waals surface area contributed by atoms with Gasteiger partial charge in [-0.15, -0.1) is 0 Å². The zero-order valence-electron chi connectivity index (χ0n) is 21.4. The molecule has 2 amide bonds. The van der Waals surface area contributed by atoms with E-state index in [0.29, 0.717) is 11.5 Å². The molecule has 0 aliphatic carbocycles. The normalized spacial score (nSPS) is 10.3. The number of anilines is 2. The van der Waals surface area contributed by atoms with Crippen molar-refractivity contribution in [3.8, 4) is 11.5 Å². The second-order valence-electron chi connectivity index (χ2n) is 8.56. The highest BCUT2D eigenvalue weighted by molar-refractivity contribution is 6.05. The Bertz CT molecular complexity index is 1600. The number of non-ortho nitro benzene ring substituents is 4. The highest BCUT2D eigenvalue weighted by atomic mass is 16.6. The quantitative estimate of drug-likeness (QED) is 0.170. The number of carbonyl (C=O) groups excluding carboxylic acids is 2. The van der Waals surface area contributed by atoms with Crippen LogP contribution in [0.5, 0.6) is 11.5 Å². The first-order chi connectivity index (χ1) is 20.4. The van der Waals surface area contributed by atoms with Crippen molar-refractivity contribution in [2.75, 3.05) is 10.6 Å². The van der Waals surface area contributed by atoms with E-state index in [4.69, 9.17) is 4.74 Å². The van der Waals surface area contributed by atoms with Crippen molar-refractivity contribution in [1.29, 1.82) is 0 Å². The smallest absolute Gasteiger partial charge is 0.277 e. The average Bonchev–Trinajstić information content (AvgIpc) is 2.98. The number of nitrogens with one attached hydrogen (secondary N) is 2. The van der Waals surface area contributed by atoms with Crippen LogP contribution in [0.3, 0.4) is 0 Å². The molecule has 4 rings (SSSR count). The van der Waals surface area contributed by atoms with E-state index in [-0.39, 0.29) is 22.5 Å². The summed E-state index contributed by atoms with van der Waals surface area (Å²) in [6.07, 6.45) is 0. The van der Waals surface area contributed by atoms with Crippen molar-refractivity contribution in [1.82, 2.24) is 0 Å². The third-order valence-corrected chi connectivity index (χ3v) is 5.63. The monoisotopic (exact) mass is 588 g/mol. The first kappa shape index (κ1) is 29.2. The molecule has 4 aromatic rings. The molecule has 216 valence electrons. The topological polar surface area (TPSA) is 240 Å². The Morgan fingerprint density at radius 2 is 0.767 bits per heavy atom. The van der Waals surface area contributed by atoms with Crippen LogP contribution in [-0.4, -0.2) is 31.5 Å². The number of ether oxygens (including phenoxy) is 1. The zero-order chi connectivity index (χ0) is 31.3. The van der Waals surface area contributed by atoms with Crippen LogP contribution in [0.1, 0.15) is 20.7 Å². The van der Waals surface area contributed by atoms with E-state index < -0.39 is 54.3 Å². The number of amides is 2. The molecule has 0 heterocycles. The van der Waals surface area contributed by atoms with Crippen LogP contribution in [0.15, 0.2) is 84.9 Å². The van der Waals surface area contributed by atoms with Crippen LogP contribution >= 0.6 is 0 Å². The average molecular weight is 588 g/mol. The molecule has 17 heteroatoms. The van der Waals surface area contributed by atoms with Crippen LogP contribution < -0.4 is 15.4 Å². The van der Waals surface area contributed by atoms with Gasteiger partial charge in [0.15, 0.2) is 0 Å². The van der Waals surface area contributed by atoms with E-state index in [0.717, 1.165) is 36.4 Å². The van der Waals surface area contributed by atoms with Gasteiger partial charge in [-0.2, -0.15) is 0 Å². The molecular formula is C26H16N6O11. The lowest BCUT2D eigenvalue weighted by Crippen LogP contribution is -2.12. The molecule has 0 radical (unpaired) electrons. The lowest BCUT2D eigenvalue weighted by molar-refractivity contribution is -0.394. The minimum absolute atomic E-state index is 0.269. The van der Waals surface area contributed by atoms with E-state index in [2.05, 4.69) is 10.6 Å². The fourth-order valence-corrected chi connectivity index (χ4v) is 3.63. The van der Waals surface area contributed by atoms with Crippen molar-refractivity contribution in [2.24, 2.45) is 0 Å². The number of nitrogens with zero attached hydrogens (tertiary/aromatic N) is 4. The van der Waals surface area contributed by atoms with Crippen LogP contribution in [-0.2, 0) is 0 Å². The fourth-order valence-electron chi connectivity index (χ4n) is 3.63. The molecule has 0 fully saturated rings. The third kappa shape index (κ3) is 7.25. The zero-order valence-corrected chi connectivity index (χ0v) is 21.4. The van der Waals surface area contributed by atoms with E-state index in [1.165, 1.54) is 48.5 Å². The number of nitro groups is 4. The maximum Gasteiger partial charge on any atom is 0.277 e. The summed E-state index contributed by atoms with van der Waals surface area (Å²) < 4.78 is 5.71. The van der Waals surface area contributed by atoms with Gasteiger partial charge in [-0.3, -0.25) is 50.0 Å². The molecule has 2 N–H and O–H groups in total. The maximum atomic E-state index is 12.6. The predicted octanol–water partition coefficient (Wildman–Crippen LogP) is 5.62. The Kier molecular flexibility index (Phi) is 8.27. The lowest BCUT2D eigenvalue weighted by atomic mass is 10.1. The standard InChI is InChI=1S/C26H16N6O11/c33-25(15-9-19(29(35)36)13-20(10-15)30(37)38)27-17-1-5-23(6-2-17)43-24-7-3-18(4-8-24)28-26(34)16-11-21(31(39)40)14-22(12-16)32(41)42/h1-14H,(H,27,33)(H,28,34). The van der Waals surface area contributed by atoms with E-state index >= 15 is 0 Å². The van der Waals surface area contributed by atoms with Gasteiger partial charge >= 0.3 is 0 Å². The SMILES string of the molecule is O=C(Nc1ccc(Oc2ccc(NC(=O)c3cc([N+](=O)[O-])cc([N+](=O)[O-])c3)cc2)cc1)c1cc([N+](=O)[O-])cc([N+](=O)[O-])c1. The van der Waals surface area contributed by atoms with E-state index in [1.807, 2.05) is 0 Å². The Hall–Kier alpha value is -6.78. The number of benzene rings is 4. The number of hydrogen-bond acceptors (Lipinski definition) is 11. The van der Waals surface area contributed by atoms with Gasteiger partial charge in [-0.05, 0) is 48.5 Å². The van der Waals surface area contributed by atoms with Crippen molar-refractivity contribution in [3.63, 3.8) is 0 Å². The van der Waals surface area contributed by atoms with Gasteiger partial charge in [0.05, 0.1) is 43.0 Å². The maximum absolute atomic E-state index is 12.6. The largest absolute Gasteiger partial charge is 0.457 e. The van der Waals surface area contributed by atoms with Crippen LogP contribution in [0.4, 0.5) is 34.1 Å². The van der Waals surface area contributed by atoms with Crippen LogP contribution in [0.2, 0.25) is 0 Å². The second-order valence-corrected chi connectivity index (χ2v) is 8.56. The fraction of sp³-hybridized carbons (Fsp3) is 0. The summed E-state index contributed by atoms with van der Waals surface area (Å²) in [7, 11) is 0. The molecule has 0 aliphatic heterocycles. The molecule has 43 heavy (non-hydrogen) atoms. The first-order valence-electron chi connectivity index (χ1n) is 11.8. The Labute approximate surface area is 238 Å². The van der Waals surface area contributed by atoms with Crippen molar-refractivity contribution in [2.45, 2.75) is 0 Å². The number of rotatable bonds is 10. The minimum atomic E-state index is -0.846. The Balaban J connectivity index is 1.40. The summed E-state index contributed by atoms with van der Waals surface area (Å²) >= 11 is 0. The highest BCUT2D eigenvalue weighted by Gasteiger charge is 2.21. The summed E-state index contributed by atoms with van der Waals surface area (Å²) in [5.41, 5.74) is -2.46. The molecule has 0 unspecified atom stereocenters. The summed E-state index contributed by atoms with van der Waals surface area (Å²) in [6.45, 7) is 0. The van der Waals surface area contributed by atoms with Gasteiger partial charge in [0.2, 0.25) is 0 Å². The van der Waals surface area contributed by atoms with Gasteiger partial charge in [0.25, 0.3) is 34.6 Å². The van der Waals surface area contributed by atoms with E-state index in [9.17, 15) is 50.0 Å². The number of hydrogen-bond donors (Lipinski definition) is 2. The molecular weight excluding hydrogens is 572 g/mol. The van der Waals surface area contributed by atoms with Crippen molar-refractivity contribution >= 4 is 45.9 Å². The summed E-state index contributed by atoms with van der Waals surface area (Å²) in [5, 5.41) is 49.2. The number of carbonyl (C=O) groups is 2. The molecule has 17 nitrogen and oxygen atoms in total. The van der Waals surface area contributed by atoms with Crippen LogP contribution in [0.25, 0.3) is 0 Å². The van der Waals surface area contributed by atoms with Gasteiger partial charge in [-0.1, -0.05) is 0 Å². The van der Waals surface area contributed by atoms with Gasteiger partial charge in [0.1, 0.15) is 11.5 Å². The first-order valence-corrected chi connectivity index (χ1v) is 11.8. The molecule has 0 atom stereocenters. The lowest BCUT2D eigenvalue weighted by Gasteiger charge is -2.10. The summed E-state index contributed by atoms with van der Waals surface area (Å²) in [4.78, 5) is 66.0. The summed E-state index contributed by atoms with van der Waals surface area (Å²) in [5.74, 6) is -0.940.